The Morgan fingerprint density at radius 1 is 1.50 bits per heavy atom. The minimum atomic E-state index is 0.414. The summed E-state index contributed by atoms with van der Waals surface area (Å²) in [6, 6.07) is 0.414. The van der Waals surface area contributed by atoms with Crippen molar-refractivity contribution in [2.75, 3.05) is 6.54 Å². The van der Waals surface area contributed by atoms with Gasteiger partial charge in [-0.3, -0.25) is 0 Å². The number of fused-ring (bicyclic) bond motifs is 1. The van der Waals surface area contributed by atoms with E-state index in [4.69, 9.17) is 0 Å². The molecule has 0 unspecified atom stereocenters. The van der Waals surface area contributed by atoms with Crippen LogP contribution in [0, 0.1) is 5.92 Å². The molecule has 0 fully saturated rings. The zero-order valence-electron chi connectivity index (χ0n) is 10.3. The van der Waals surface area contributed by atoms with Gasteiger partial charge in [-0.2, -0.15) is 5.10 Å². The van der Waals surface area contributed by atoms with E-state index in [1.54, 1.807) is 6.33 Å². The molecule has 1 aliphatic heterocycles. The van der Waals surface area contributed by atoms with Crippen LogP contribution in [0.4, 0.5) is 0 Å². The van der Waals surface area contributed by atoms with Crippen LogP contribution in [0.5, 0.6) is 0 Å². The number of rotatable bonds is 5. The van der Waals surface area contributed by atoms with Crippen molar-refractivity contribution >= 4 is 0 Å². The van der Waals surface area contributed by atoms with E-state index in [1.807, 2.05) is 4.68 Å². The van der Waals surface area contributed by atoms with Crippen molar-refractivity contribution in [1.82, 2.24) is 20.1 Å². The molecule has 0 radical (unpaired) electrons. The maximum atomic E-state index is 4.36. The molecule has 0 saturated heterocycles. The topological polar surface area (TPSA) is 42.7 Å². The number of hydrogen-bond acceptors (Lipinski definition) is 3. The molecular formula is C12H22N4. The van der Waals surface area contributed by atoms with Gasteiger partial charge in [0.25, 0.3) is 0 Å². The molecule has 1 aliphatic rings. The van der Waals surface area contributed by atoms with Crippen LogP contribution in [0.3, 0.4) is 0 Å². The van der Waals surface area contributed by atoms with E-state index in [-0.39, 0.29) is 0 Å². The van der Waals surface area contributed by atoms with Gasteiger partial charge in [0.1, 0.15) is 12.2 Å². The van der Waals surface area contributed by atoms with Gasteiger partial charge in [0.05, 0.1) is 6.04 Å². The van der Waals surface area contributed by atoms with Crippen molar-refractivity contribution in [3.63, 3.8) is 0 Å². The van der Waals surface area contributed by atoms with Gasteiger partial charge in [0, 0.05) is 6.54 Å². The second-order valence-corrected chi connectivity index (χ2v) is 4.63. The molecule has 0 amide bonds. The minimum absolute atomic E-state index is 0.414. The first kappa shape index (κ1) is 11.6. The van der Waals surface area contributed by atoms with Crippen molar-refractivity contribution < 1.29 is 0 Å². The molecule has 16 heavy (non-hydrogen) atoms. The molecule has 0 saturated carbocycles. The molecule has 2 rings (SSSR count). The molecule has 1 aromatic rings. The van der Waals surface area contributed by atoms with E-state index in [0.717, 1.165) is 24.8 Å². The van der Waals surface area contributed by atoms with Crippen molar-refractivity contribution in [1.29, 1.82) is 0 Å². The Bertz CT molecular complexity index is 317. The molecule has 1 aromatic heterocycles. The third-order valence-corrected chi connectivity index (χ3v) is 3.63. The summed E-state index contributed by atoms with van der Waals surface area (Å²) in [4.78, 5) is 4.36. The lowest BCUT2D eigenvalue weighted by Crippen LogP contribution is -2.32. The molecule has 0 bridgehead atoms. The fourth-order valence-electron chi connectivity index (χ4n) is 2.37. The van der Waals surface area contributed by atoms with Gasteiger partial charge in [-0.05, 0) is 25.3 Å². The zero-order valence-corrected chi connectivity index (χ0v) is 10.3. The molecule has 1 N–H and O–H groups in total. The molecule has 1 atom stereocenters. The van der Waals surface area contributed by atoms with E-state index >= 15 is 0 Å². The highest BCUT2D eigenvalue weighted by atomic mass is 15.3. The first-order chi connectivity index (χ1) is 7.85. The normalized spacial score (nSPS) is 20.1. The van der Waals surface area contributed by atoms with Crippen LogP contribution in [0.1, 0.15) is 51.4 Å². The molecule has 0 aliphatic carbocycles. The Morgan fingerprint density at radius 3 is 3.06 bits per heavy atom. The van der Waals surface area contributed by atoms with Crippen LogP contribution in [0.15, 0.2) is 6.33 Å². The number of hydrogen-bond donors (Lipinski definition) is 1. The summed E-state index contributed by atoms with van der Waals surface area (Å²) in [5.74, 6) is 1.91. The lowest BCUT2D eigenvalue weighted by molar-refractivity contribution is 0.337. The summed E-state index contributed by atoms with van der Waals surface area (Å²) in [5, 5.41) is 7.88. The molecule has 4 nitrogen and oxygen atoms in total. The van der Waals surface area contributed by atoms with Crippen molar-refractivity contribution in [2.24, 2.45) is 5.92 Å². The van der Waals surface area contributed by atoms with Crippen LogP contribution >= 0.6 is 0 Å². The lowest BCUT2D eigenvalue weighted by atomic mass is 10.0. The lowest BCUT2D eigenvalue weighted by Gasteiger charge is -2.25. The third kappa shape index (κ3) is 2.43. The third-order valence-electron chi connectivity index (χ3n) is 3.63. The SMILES string of the molecule is CCC(CC)CN[C@@H]1CCCn2ncnc21. The highest BCUT2D eigenvalue weighted by molar-refractivity contribution is 4.97. The molecule has 90 valence electrons. The predicted molar refractivity (Wildman–Crippen MR) is 64.1 cm³/mol. The second kappa shape index (κ2) is 5.43. The molecule has 4 heteroatoms. The Balaban J connectivity index is 1.92. The molecule has 0 aromatic carbocycles. The van der Waals surface area contributed by atoms with Gasteiger partial charge in [-0.15, -0.1) is 0 Å². The number of aryl methyl sites for hydroxylation is 1. The van der Waals surface area contributed by atoms with Crippen molar-refractivity contribution in [3.8, 4) is 0 Å². The maximum absolute atomic E-state index is 4.36. The summed E-state index contributed by atoms with van der Waals surface area (Å²) in [7, 11) is 0. The zero-order chi connectivity index (χ0) is 11.4. The quantitative estimate of drug-likeness (QED) is 0.830. The summed E-state index contributed by atoms with van der Waals surface area (Å²) in [6.45, 7) is 6.65. The Labute approximate surface area is 97.5 Å². The van der Waals surface area contributed by atoms with Gasteiger partial charge in [-0.1, -0.05) is 26.7 Å². The fourth-order valence-corrected chi connectivity index (χ4v) is 2.37. The first-order valence-corrected chi connectivity index (χ1v) is 6.46. The highest BCUT2D eigenvalue weighted by Gasteiger charge is 2.22. The van der Waals surface area contributed by atoms with E-state index < -0.39 is 0 Å². The number of nitrogens with zero attached hydrogens (tertiary/aromatic N) is 3. The highest BCUT2D eigenvalue weighted by Crippen LogP contribution is 2.22. The van der Waals surface area contributed by atoms with Crippen LogP contribution in [0.2, 0.25) is 0 Å². The van der Waals surface area contributed by atoms with Crippen LogP contribution in [0.25, 0.3) is 0 Å². The average Bonchev–Trinajstić information content (AvgIpc) is 2.79. The van der Waals surface area contributed by atoms with Crippen LogP contribution < -0.4 is 5.32 Å². The van der Waals surface area contributed by atoms with Gasteiger partial charge < -0.3 is 5.32 Å². The smallest absolute Gasteiger partial charge is 0.143 e. The van der Waals surface area contributed by atoms with E-state index in [2.05, 4.69) is 29.2 Å². The van der Waals surface area contributed by atoms with Gasteiger partial charge in [0.15, 0.2) is 0 Å². The molecule has 0 spiro atoms. The second-order valence-electron chi connectivity index (χ2n) is 4.63. The van der Waals surface area contributed by atoms with Gasteiger partial charge in [0.2, 0.25) is 0 Å². The average molecular weight is 222 g/mol. The minimum Gasteiger partial charge on any atom is -0.307 e. The number of aromatic nitrogens is 3. The van der Waals surface area contributed by atoms with E-state index in [0.29, 0.717) is 6.04 Å². The van der Waals surface area contributed by atoms with E-state index in [9.17, 15) is 0 Å². The summed E-state index contributed by atoms with van der Waals surface area (Å²) >= 11 is 0. The van der Waals surface area contributed by atoms with Crippen molar-refractivity contribution in [2.45, 2.75) is 52.1 Å². The summed E-state index contributed by atoms with van der Waals surface area (Å²) in [6.07, 6.45) is 6.58. The van der Waals surface area contributed by atoms with Gasteiger partial charge >= 0.3 is 0 Å². The monoisotopic (exact) mass is 222 g/mol. The Morgan fingerprint density at radius 2 is 2.31 bits per heavy atom. The van der Waals surface area contributed by atoms with Crippen molar-refractivity contribution in [3.05, 3.63) is 12.2 Å². The maximum Gasteiger partial charge on any atom is 0.143 e. The molecular weight excluding hydrogens is 200 g/mol. The van der Waals surface area contributed by atoms with Crippen LogP contribution in [-0.2, 0) is 6.54 Å². The summed E-state index contributed by atoms with van der Waals surface area (Å²) < 4.78 is 2.04. The standard InChI is InChI=1S/C12H22N4/c1-3-10(4-2)8-13-11-6-5-7-16-12(11)14-9-15-16/h9-11,13H,3-8H2,1-2H3/t11-/m1/s1. The first-order valence-electron chi connectivity index (χ1n) is 6.46. The predicted octanol–water partition coefficient (Wildman–Crippen LogP) is 2.14. The summed E-state index contributed by atoms with van der Waals surface area (Å²) in [5.41, 5.74) is 0. The molecule has 2 heterocycles. The largest absolute Gasteiger partial charge is 0.307 e. The Kier molecular flexibility index (Phi) is 3.93. The number of nitrogens with one attached hydrogen (secondary N) is 1. The Hall–Kier alpha value is -0.900. The fraction of sp³-hybridized carbons (Fsp3) is 0.833. The van der Waals surface area contributed by atoms with Crippen LogP contribution in [-0.4, -0.2) is 21.3 Å². The van der Waals surface area contributed by atoms with Gasteiger partial charge in [-0.25, -0.2) is 9.67 Å². The van der Waals surface area contributed by atoms with E-state index in [1.165, 1.54) is 25.7 Å².